The lowest BCUT2D eigenvalue weighted by Crippen LogP contribution is -2.69. The van der Waals surface area contributed by atoms with Crippen LogP contribution in [0.4, 0.5) is 23.7 Å². The number of halogens is 3. The first kappa shape index (κ1) is 23.8. The van der Waals surface area contributed by atoms with Gasteiger partial charge in [-0.1, -0.05) is 18.2 Å². The summed E-state index contributed by atoms with van der Waals surface area (Å²) in [6, 6.07) is 8.19. The second kappa shape index (κ2) is 9.14. The number of hydrogen-bond donors (Lipinski definition) is 2. The maximum absolute atomic E-state index is 14.2. The van der Waals surface area contributed by atoms with Crippen LogP contribution in [0.1, 0.15) is 19.5 Å². The lowest BCUT2D eigenvalue weighted by molar-refractivity contribution is -0.205. The fourth-order valence-electron chi connectivity index (χ4n) is 2.85. The molecule has 1 atom stereocenters. The summed E-state index contributed by atoms with van der Waals surface area (Å²) in [6.45, 7) is 3.44. The van der Waals surface area contributed by atoms with E-state index in [-0.39, 0.29) is 12.3 Å². The molecule has 0 bridgehead atoms. The summed E-state index contributed by atoms with van der Waals surface area (Å²) in [6.07, 6.45) is -6.91. The van der Waals surface area contributed by atoms with E-state index in [2.05, 4.69) is 9.47 Å². The fourth-order valence-corrected chi connectivity index (χ4v) is 2.85. The molecule has 0 saturated heterocycles. The van der Waals surface area contributed by atoms with Crippen molar-refractivity contribution in [1.82, 2.24) is 14.7 Å². The summed E-state index contributed by atoms with van der Waals surface area (Å²) in [7, 11) is 1.47. The minimum absolute atomic E-state index is 0.0810. The van der Waals surface area contributed by atoms with Gasteiger partial charge in [0, 0.05) is 7.05 Å². The molecule has 9 nitrogen and oxygen atoms in total. The Kier molecular flexibility index (Phi) is 7.03. The van der Waals surface area contributed by atoms with E-state index in [1.807, 2.05) is 5.32 Å². The van der Waals surface area contributed by atoms with Crippen LogP contribution < -0.4 is 16.2 Å². The summed E-state index contributed by atoms with van der Waals surface area (Å²) >= 11 is 0. The number of alkyl halides is 3. The van der Waals surface area contributed by atoms with E-state index >= 15 is 0 Å². The number of rotatable bonds is 7. The summed E-state index contributed by atoms with van der Waals surface area (Å²) in [4.78, 5) is 37.4. The maximum atomic E-state index is 14.2. The number of para-hydroxylation sites is 1. The van der Waals surface area contributed by atoms with Crippen LogP contribution in [0.15, 0.2) is 35.1 Å². The first-order chi connectivity index (χ1) is 14.5. The highest BCUT2D eigenvalue weighted by molar-refractivity contribution is 5.89. The zero-order chi connectivity index (χ0) is 23.4. The smallest absolute Gasteiger partial charge is 0.442 e. The van der Waals surface area contributed by atoms with Gasteiger partial charge in [-0.25, -0.2) is 14.3 Å². The number of carbonyl (C=O) groups excluding carboxylic acids is 2. The van der Waals surface area contributed by atoms with E-state index in [4.69, 9.17) is 0 Å². The summed E-state index contributed by atoms with van der Waals surface area (Å²) < 4.78 is 54.1. The first-order valence-electron chi connectivity index (χ1n) is 9.31. The van der Waals surface area contributed by atoms with Gasteiger partial charge in [-0.3, -0.25) is 14.8 Å². The van der Waals surface area contributed by atoms with Crippen molar-refractivity contribution in [3.8, 4) is 5.69 Å². The van der Waals surface area contributed by atoms with E-state index in [1.54, 1.807) is 30.3 Å². The number of benzene rings is 1. The van der Waals surface area contributed by atoms with Gasteiger partial charge in [-0.05, 0) is 32.9 Å². The van der Waals surface area contributed by atoms with Crippen LogP contribution in [-0.4, -0.2) is 46.5 Å². The Hall–Kier alpha value is -3.44. The van der Waals surface area contributed by atoms with Crippen LogP contribution >= 0.6 is 0 Å². The van der Waals surface area contributed by atoms with E-state index in [9.17, 15) is 27.6 Å². The predicted octanol–water partition coefficient (Wildman–Crippen LogP) is 2.46. The molecule has 170 valence electrons. The van der Waals surface area contributed by atoms with Crippen molar-refractivity contribution in [2.45, 2.75) is 32.6 Å². The van der Waals surface area contributed by atoms with Crippen molar-refractivity contribution in [2.75, 3.05) is 18.5 Å². The Morgan fingerprint density at radius 2 is 1.65 bits per heavy atom. The van der Waals surface area contributed by atoms with Crippen molar-refractivity contribution in [3.63, 3.8) is 0 Å². The Bertz CT molecular complexity index is 1000. The van der Waals surface area contributed by atoms with Crippen LogP contribution in [0.3, 0.4) is 0 Å². The molecule has 0 radical (unpaired) electrons. The summed E-state index contributed by atoms with van der Waals surface area (Å²) in [5, 5.41) is 3.41. The number of esters is 1. The van der Waals surface area contributed by atoms with Gasteiger partial charge in [0.05, 0.1) is 24.6 Å². The average Bonchev–Trinajstić information content (AvgIpc) is 2.90. The molecule has 1 amide bonds. The zero-order valence-corrected chi connectivity index (χ0v) is 17.4. The minimum atomic E-state index is -5.39. The molecule has 2 rings (SSSR count). The van der Waals surface area contributed by atoms with Gasteiger partial charge < -0.3 is 14.8 Å². The van der Waals surface area contributed by atoms with E-state index < -0.39 is 41.8 Å². The van der Waals surface area contributed by atoms with Crippen molar-refractivity contribution in [1.29, 1.82) is 0 Å². The molecule has 12 heteroatoms. The predicted molar refractivity (Wildman–Crippen MR) is 105 cm³/mol. The van der Waals surface area contributed by atoms with Crippen molar-refractivity contribution in [2.24, 2.45) is 7.05 Å². The zero-order valence-electron chi connectivity index (χ0n) is 17.4. The standard InChI is InChI=1S/C19H23F3N4O5/c1-5-30-16(28)18(19(20,21)22,24-17(29)31-6-2)23-14-12(3)25(4)26(15(14)27)13-10-8-7-9-11-13/h7-11,23H,5-6H2,1-4H3,(H,24,29)/t18-/m1/s1. The highest BCUT2D eigenvalue weighted by Gasteiger charge is 2.64. The summed E-state index contributed by atoms with van der Waals surface area (Å²) in [5.74, 6) is -1.84. The van der Waals surface area contributed by atoms with E-state index in [0.717, 1.165) is 4.68 Å². The molecular formula is C19H23F3N4O5. The maximum Gasteiger partial charge on any atom is 0.442 e. The third-order valence-corrected chi connectivity index (χ3v) is 4.44. The lowest BCUT2D eigenvalue weighted by Gasteiger charge is -2.34. The van der Waals surface area contributed by atoms with Crippen molar-refractivity contribution >= 4 is 17.7 Å². The molecule has 1 aromatic heterocycles. The Labute approximate surface area is 175 Å². The SMILES string of the molecule is CCOC(=O)N[C@](Nc1c(C)n(C)n(-c2ccccc2)c1=O)(C(=O)OCC)C(F)(F)F. The monoisotopic (exact) mass is 444 g/mol. The summed E-state index contributed by atoms with van der Waals surface area (Å²) in [5.41, 5.74) is -4.70. The molecule has 0 unspecified atom stereocenters. The first-order valence-corrected chi connectivity index (χ1v) is 9.31. The molecular weight excluding hydrogens is 421 g/mol. The Balaban J connectivity index is 2.68. The highest BCUT2D eigenvalue weighted by atomic mass is 19.4. The number of carbonyl (C=O) groups is 2. The second-order valence-corrected chi connectivity index (χ2v) is 6.38. The third kappa shape index (κ3) is 4.52. The molecule has 0 aliphatic rings. The molecule has 0 aliphatic carbocycles. The molecule has 1 aromatic carbocycles. The quantitative estimate of drug-likeness (QED) is 0.502. The van der Waals surface area contributed by atoms with Crippen molar-refractivity contribution in [3.05, 3.63) is 46.4 Å². The van der Waals surface area contributed by atoms with Crippen LogP contribution in [0.5, 0.6) is 0 Å². The highest BCUT2D eigenvalue weighted by Crippen LogP contribution is 2.33. The fraction of sp³-hybridized carbons (Fsp3) is 0.421. The Morgan fingerprint density at radius 3 is 2.16 bits per heavy atom. The van der Waals surface area contributed by atoms with Crippen molar-refractivity contribution < 1.29 is 32.2 Å². The van der Waals surface area contributed by atoms with Gasteiger partial charge in [0.1, 0.15) is 5.69 Å². The number of hydrogen-bond acceptors (Lipinski definition) is 6. The normalized spacial score (nSPS) is 13.3. The number of nitrogens with zero attached hydrogens (tertiary/aromatic N) is 2. The van der Waals surface area contributed by atoms with Gasteiger partial charge in [-0.2, -0.15) is 13.2 Å². The number of nitrogens with one attached hydrogen (secondary N) is 2. The van der Waals surface area contributed by atoms with Gasteiger partial charge >= 0.3 is 23.9 Å². The Morgan fingerprint density at radius 1 is 1.06 bits per heavy atom. The largest absolute Gasteiger partial charge is 0.463 e. The van der Waals surface area contributed by atoms with Gasteiger partial charge in [0.15, 0.2) is 0 Å². The average molecular weight is 444 g/mol. The topological polar surface area (TPSA) is 104 Å². The lowest BCUT2D eigenvalue weighted by atomic mass is 10.1. The molecule has 0 fully saturated rings. The van der Waals surface area contributed by atoms with Crippen LogP contribution in [0.25, 0.3) is 5.69 Å². The number of anilines is 1. The van der Waals surface area contributed by atoms with Crippen LogP contribution in [0, 0.1) is 6.92 Å². The van der Waals surface area contributed by atoms with Crippen LogP contribution in [-0.2, 0) is 21.3 Å². The molecule has 0 spiro atoms. The number of alkyl carbamates (subject to hydrolysis) is 1. The van der Waals surface area contributed by atoms with Gasteiger partial charge in [0.2, 0.25) is 0 Å². The number of ether oxygens (including phenoxy) is 2. The molecule has 31 heavy (non-hydrogen) atoms. The molecule has 2 aromatic rings. The number of aromatic nitrogens is 2. The van der Waals surface area contributed by atoms with Crippen LogP contribution in [0.2, 0.25) is 0 Å². The minimum Gasteiger partial charge on any atom is -0.463 e. The molecule has 1 heterocycles. The molecule has 0 aliphatic heterocycles. The number of amides is 1. The third-order valence-electron chi connectivity index (χ3n) is 4.44. The molecule has 0 saturated carbocycles. The van der Waals surface area contributed by atoms with Gasteiger partial charge in [-0.15, -0.1) is 0 Å². The second-order valence-electron chi connectivity index (χ2n) is 6.38. The van der Waals surface area contributed by atoms with E-state index in [0.29, 0.717) is 5.69 Å². The van der Waals surface area contributed by atoms with E-state index in [1.165, 1.54) is 37.8 Å². The molecule has 2 N–H and O–H groups in total. The van der Waals surface area contributed by atoms with Gasteiger partial charge in [0.25, 0.3) is 5.56 Å².